The quantitative estimate of drug-likeness (QED) is 0.795. The SMILES string of the molecule is OC1CC(C2CC2)Oc2ccc(Cl)cc21. The van der Waals surface area contributed by atoms with E-state index in [4.69, 9.17) is 16.3 Å². The third-order valence-electron chi connectivity index (χ3n) is 3.21. The Balaban J connectivity index is 1.93. The van der Waals surface area contributed by atoms with Crippen LogP contribution in [0.4, 0.5) is 0 Å². The van der Waals surface area contributed by atoms with E-state index in [2.05, 4.69) is 0 Å². The first kappa shape index (κ1) is 9.49. The van der Waals surface area contributed by atoms with Crippen molar-refractivity contribution in [2.45, 2.75) is 31.5 Å². The van der Waals surface area contributed by atoms with E-state index in [0.717, 1.165) is 11.3 Å². The van der Waals surface area contributed by atoms with E-state index in [1.54, 1.807) is 6.07 Å². The number of aliphatic hydroxyl groups excluding tert-OH is 1. The van der Waals surface area contributed by atoms with Crippen molar-refractivity contribution < 1.29 is 9.84 Å². The minimum absolute atomic E-state index is 0.202. The van der Waals surface area contributed by atoms with Gasteiger partial charge in [0.2, 0.25) is 0 Å². The smallest absolute Gasteiger partial charge is 0.125 e. The molecule has 2 aliphatic rings. The lowest BCUT2D eigenvalue weighted by molar-refractivity contribution is 0.0551. The average molecular weight is 225 g/mol. The lowest BCUT2D eigenvalue weighted by Crippen LogP contribution is -2.27. The molecule has 0 saturated heterocycles. The van der Waals surface area contributed by atoms with Gasteiger partial charge in [0.15, 0.2) is 0 Å². The van der Waals surface area contributed by atoms with Crippen molar-refractivity contribution >= 4 is 11.6 Å². The van der Waals surface area contributed by atoms with E-state index in [1.807, 2.05) is 12.1 Å². The number of benzene rings is 1. The van der Waals surface area contributed by atoms with Crippen molar-refractivity contribution in [2.24, 2.45) is 5.92 Å². The number of halogens is 1. The molecule has 1 aromatic carbocycles. The monoisotopic (exact) mass is 224 g/mol. The number of aliphatic hydroxyl groups is 1. The molecule has 1 aromatic rings. The lowest BCUT2D eigenvalue weighted by Gasteiger charge is -2.29. The van der Waals surface area contributed by atoms with Gasteiger partial charge in [-0.15, -0.1) is 0 Å². The van der Waals surface area contributed by atoms with Gasteiger partial charge in [0.25, 0.3) is 0 Å². The topological polar surface area (TPSA) is 29.5 Å². The number of fused-ring (bicyclic) bond motifs is 1. The second-order valence-electron chi connectivity index (χ2n) is 4.43. The molecule has 15 heavy (non-hydrogen) atoms. The molecule has 2 atom stereocenters. The molecule has 80 valence electrons. The molecule has 1 N–H and O–H groups in total. The minimum Gasteiger partial charge on any atom is -0.490 e. The van der Waals surface area contributed by atoms with Gasteiger partial charge in [-0.05, 0) is 37.0 Å². The lowest BCUT2D eigenvalue weighted by atomic mass is 9.97. The molecule has 1 aliphatic carbocycles. The highest BCUT2D eigenvalue weighted by Gasteiger charge is 2.38. The van der Waals surface area contributed by atoms with E-state index < -0.39 is 6.10 Å². The number of ether oxygens (including phenoxy) is 1. The first-order valence-corrected chi connectivity index (χ1v) is 5.76. The molecule has 0 bridgehead atoms. The van der Waals surface area contributed by atoms with Gasteiger partial charge in [-0.25, -0.2) is 0 Å². The number of hydrogen-bond acceptors (Lipinski definition) is 2. The number of hydrogen-bond donors (Lipinski definition) is 1. The second kappa shape index (κ2) is 3.39. The van der Waals surface area contributed by atoms with Crippen LogP contribution in [0.15, 0.2) is 18.2 Å². The van der Waals surface area contributed by atoms with Gasteiger partial charge in [-0.2, -0.15) is 0 Å². The molecule has 2 unspecified atom stereocenters. The Hall–Kier alpha value is -0.730. The third-order valence-corrected chi connectivity index (χ3v) is 3.45. The van der Waals surface area contributed by atoms with E-state index in [1.165, 1.54) is 12.8 Å². The summed E-state index contributed by atoms with van der Waals surface area (Å²) in [6.07, 6.45) is 2.96. The van der Waals surface area contributed by atoms with E-state index in [0.29, 0.717) is 17.4 Å². The summed E-state index contributed by atoms with van der Waals surface area (Å²) in [5.41, 5.74) is 0.833. The molecular weight excluding hydrogens is 212 g/mol. The summed E-state index contributed by atoms with van der Waals surface area (Å²) in [7, 11) is 0. The Kier molecular flexibility index (Phi) is 2.15. The summed E-state index contributed by atoms with van der Waals surface area (Å²) in [5.74, 6) is 1.46. The maximum absolute atomic E-state index is 9.99. The molecule has 0 amide bonds. The summed E-state index contributed by atoms with van der Waals surface area (Å²) < 4.78 is 5.86. The van der Waals surface area contributed by atoms with E-state index in [9.17, 15) is 5.11 Å². The zero-order chi connectivity index (χ0) is 10.4. The fourth-order valence-electron chi connectivity index (χ4n) is 2.20. The van der Waals surface area contributed by atoms with Gasteiger partial charge >= 0.3 is 0 Å². The second-order valence-corrected chi connectivity index (χ2v) is 4.86. The van der Waals surface area contributed by atoms with E-state index in [-0.39, 0.29) is 6.10 Å². The van der Waals surface area contributed by atoms with Crippen LogP contribution >= 0.6 is 11.6 Å². The van der Waals surface area contributed by atoms with Gasteiger partial charge in [-0.1, -0.05) is 11.6 Å². The van der Waals surface area contributed by atoms with Crippen LogP contribution in [-0.2, 0) is 0 Å². The summed E-state index contributed by atoms with van der Waals surface area (Å²) in [4.78, 5) is 0. The van der Waals surface area contributed by atoms with Crippen molar-refractivity contribution in [3.8, 4) is 5.75 Å². The van der Waals surface area contributed by atoms with E-state index >= 15 is 0 Å². The fourth-order valence-corrected chi connectivity index (χ4v) is 2.38. The first-order valence-electron chi connectivity index (χ1n) is 5.38. The molecule has 1 fully saturated rings. The standard InChI is InChI=1S/C12H13ClO2/c13-8-3-4-11-9(5-8)10(14)6-12(15-11)7-1-2-7/h3-5,7,10,12,14H,1-2,6H2. The molecule has 3 rings (SSSR count). The Morgan fingerprint density at radius 1 is 1.33 bits per heavy atom. The predicted octanol–water partition coefficient (Wildman–Crippen LogP) is 2.93. The van der Waals surface area contributed by atoms with Gasteiger partial charge in [0.1, 0.15) is 11.9 Å². The maximum atomic E-state index is 9.99. The molecule has 2 nitrogen and oxygen atoms in total. The Bertz CT molecular complexity index is 387. The van der Waals surface area contributed by atoms with Gasteiger partial charge in [0, 0.05) is 17.0 Å². The maximum Gasteiger partial charge on any atom is 0.125 e. The molecular formula is C12H13ClO2. The molecule has 0 radical (unpaired) electrons. The summed E-state index contributed by atoms with van der Waals surface area (Å²) >= 11 is 5.89. The first-order chi connectivity index (χ1) is 7.24. The molecule has 1 saturated carbocycles. The summed E-state index contributed by atoms with van der Waals surface area (Å²) in [5, 5.41) is 10.6. The van der Waals surface area contributed by atoms with Crippen LogP contribution in [0.1, 0.15) is 30.9 Å². The number of rotatable bonds is 1. The van der Waals surface area contributed by atoms with Crippen molar-refractivity contribution in [1.82, 2.24) is 0 Å². The molecule has 1 heterocycles. The normalized spacial score (nSPS) is 29.5. The fraction of sp³-hybridized carbons (Fsp3) is 0.500. The van der Waals surface area contributed by atoms with Gasteiger partial charge < -0.3 is 9.84 Å². The molecule has 1 aliphatic heterocycles. The highest BCUT2D eigenvalue weighted by molar-refractivity contribution is 6.30. The van der Waals surface area contributed by atoms with Crippen LogP contribution in [0.2, 0.25) is 5.02 Å². The Morgan fingerprint density at radius 2 is 2.13 bits per heavy atom. The summed E-state index contributed by atoms with van der Waals surface area (Å²) in [6, 6.07) is 5.46. The van der Waals surface area contributed by atoms with Crippen LogP contribution in [0.5, 0.6) is 5.75 Å². The predicted molar refractivity (Wildman–Crippen MR) is 58.2 cm³/mol. The third kappa shape index (κ3) is 1.72. The summed E-state index contributed by atoms with van der Waals surface area (Å²) in [6.45, 7) is 0. The van der Waals surface area contributed by atoms with Crippen LogP contribution in [-0.4, -0.2) is 11.2 Å². The van der Waals surface area contributed by atoms with Crippen molar-refractivity contribution in [3.05, 3.63) is 28.8 Å². The van der Waals surface area contributed by atoms with Crippen LogP contribution in [0.3, 0.4) is 0 Å². The minimum atomic E-state index is -0.418. The van der Waals surface area contributed by atoms with Crippen LogP contribution in [0, 0.1) is 5.92 Å². The highest BCUT2D eigenvalue weighted by Crippen LogP contribution is 2.44. The van der Waals surface area contributed by atoms with Gasteiger partial charge in [-0.3, -0.25) is 0 Å². The van der Waals surface area contributed by atoms with Crippen LogP contribution in [0.25, 0.3) is 0 Å². The highest BCUT2D eigenvalue weighted by atomic mass is 35.5. The van der Waals surface area contributed by atoms with Crippen molar-refractivity contribution in [1.29, 1.82) is 0 Å². The molecule has 0 aromatic heterocycles. The Labute approximate surface area is 93.8 Å². The molecule has 0 spiro atoms. The average Bonchev–Trinajstić information content (AvgIpc) is 3.02. The Morgan fingerprint density at radius 3 is 2.87 bits per heavy atom. The van der Waals surface area contributed by atoms with Crippen molar-refractivity contribution in [3.63, 3.8) is 0 Å². The largest absolute Gasteiger partial charge is 0.490 e. The van der Waals surface area contributed by atoms with Gasteiger partial charge in [0.05, 0.1) is 6.10 Å². The zero-order valence-corrected chi connectivity index (χ0v) is 9.07. The zero-order valence-electron chi connectivity index (χ0n) is 8.32. The van der Waals surface area contributed by atoms with Crippen LogP contribution < -0.4 is 4.74 Å². The molecule has 3 heteroatoms. The van der Waals surface area contributed by atoms with Crippen molar-refractivity contribution in [2.75, 3.05) is 0 Å².